The van der Waals surface area contributed by atoms with E-state index in [9.17, 15) is 4.79 Å². The first kappa shape index (κ1) is 12.7. The Bertz CT molecular complexity index is 386. The molecule has 0 saturated carbocycles. The summed E-state index contributed by atoms with van der Waals surface area (Å²) in [6.07, 6.45) is 1.20. The Morgan fingerprint density at radius 1 is 1.38 bits per heavy atom. The van der Waals surface area contributed by atoms with Crippen LogP contribution in [-0.4, -0.2) is 19.4 Å². The summed E-state index contributed by atoms with van der Waals surface area (Å²) in [4.78, 5) is 11.9. The largest absolute Gasteiger partial charge is 0.496 e. The van der Waals surface area contributed by atoms with E-state index in [0.717, 1.165) is 17.5 Å². The van der Waals surface area contributed by atoms with E-state index in [2.05, 4.69) is 0 Å². The van der Waals surface area contributed by atoms with Gasteiger partial charge in [-0.05, 0) is 44.0 Å². The summed E-state index contributed by atoms with van der Waals surface area (Å²) in [7, 11) is 1.60. The van der Waals surface area contributed by atoms with E-state index in [4.69, 9.17) is 10.5 Å². The maximum atomic E-state index is 11.9. The number of benzene rings is 1. The second-order valence-corrected chi connectivity index (χ2v) is 3.90. The summed E-state index contributed by atoms with van der Waals surface area (Å²) in [5.74, 6) is 0.799. The number of ketones is 1. The van der Waals surface area contributed by atoms with Gasteiger partial charge in [0, 0.05) is 6.42 Å². The van der Waals surface area contributed by atoms with Gasteiger partial charge in [0.1, 0.15) is 5.75 Å². The highest BCUT2D eigenvalue weighted by Crippen LogP contribution is 2.27. The highest BCUT2D eigenvalue weighted by Gasteiger charge is 2.14. The standard InChI is InChI=1S/C13H19NO2/c1-9-6-7-11(12(15)5-4-8-14)13(16-3)10(9)2/h6-7H,4-5,8,14H2,1-3H3. The third-order valence-corrected chi connectivity index (χ3v) is 2.79. The summed E-state index contributed by atoms with van der Waals surface area (Å²) in [5.41, 5.74) is 8.22. The molecule has 1 aromatic carbocycles. The van der Waals surface area contributed by atoms with E-state index < -0.39 is 0 Å². The summed E-state index contributed by atoms with van der Waals surface area (Å²) >= 11 is 0. The molecule has 0 radical (unpaired) electrons. The topological polar surface area (TPSA) is 52.3 Å². The molecule has 0 bridgehead atoms. The molecule has 0 fully saturated rings. The van der Waals surface area contributed by atoms with Gasteiger partial charge in [-0.2, -0.15) is 0 Å². The van der Waals surface area contributed by atoms with Gasteiger partial charge in [-0.1, -0.05) is 6.07 Å². The van der Waals surface area contributed by atoms with E-state index in [0.29, 0.717) is 24.3 Å². The third kappa shape index (κ3) is 2.61. The van der Waals surface area contributed by atoms with Crippen molar-refractivity contribution in [3.8, 4) is 5.75 Å². The molecule has 0 atom stereocenters. The Kier molecular flexibility index (Phi) is 4.50. The molecule has 1 aromatic rings. The average molecular weight is 221 g/mol. The molecule has 0 aliphatic rings. The van der Waals surface area contributed by atoms with Crippen LogP contribution in [0, 0.1) is 13.8 Å². The molecular formula is C13H19NO2. The zero-order valence-electron chi connectivity index (χ0n) is 10.2. The van der Waals surface area contributed by atoms with E-state index in [-0.39, 0.29) is 5.78 Å². The molecule has 3 nitrogen and oxygen atoms in total. The monoisotopic (exact) mass is 221 g/mol. The zero-order valence-corrected chi connectivity index (χ0v) is 10.2. The van der Waals surface area contributed by atoms with Crippen LogP contribution >= 0.6 is 0 Å². The third-order valence-electron chi connectivity index (χ3n) is 2.79. The predicted octanol–water partition coefficient (Wildman–Crippen LogP) is 2.23. The number of rotatable bonds is 5. The van der Waals surface area contributed by atoms with E-state index in [1.807, 2.05) is 26.0 Å². The SMILES string of the molecule is COc1c(C(=O)CCCN)ccc(C)c1C. The molecule has 0 heterocycles. The molecule has 2 N–H and O–H groups in total. The van der Waals surface area contributed by atoms with Crippen molar-refractivity contribution in [3.63, 3.8) is 0 Å². The molecular weight excluding hydrogens is 202 g/mol. The summed E-state index contributed by atoms with van der Waals surface area (Å²) in [6.45, 7) is 4.51. The van der Waals surface area contributed by atoms with Crippen molar-refractivity contribution in [1.82, 2.24) is 0 Å². The van der Waals surface area contributed by atoms with Crippen LogP contribution in [0.3, 0.4) is 0 Å². The first-order valence-electron chi connectivity index (χ1n) is 5.49. The van der Waals surface area contributed by atoms with E-state index in [1.165, 1.54) is 0 Å². The molecule has 0 aliphatic carbocycles. The minimum Gasteiger partial charge on any atom is -0.496 e. The Balaban J connectivity index is 3.04. The fourth-order valence-corrected chi connectivity index (χ4v) is 1.67. The highest BCUT2D eigenvalue weighted by atomic mass is 16.5. The maximum absolute atomic E-state index is 11.9. The first-order chi connectivity index (χ1) is 7.61. The Hall–Kier alpha value is -1.35. The number of ether oxygens (including phenoxy) is 1. The van der Waals surface area contributed by atoms with Crippen molar-refractivity contribution < 1.29 is 9.53 Å². The Labute approximate surface area is 96.6 Å². The van der Waals surface area contributed by atoms with Crippen molar-refractivity contribution in [2.75, 3.05) is 13.7 Å². The van der Waals surface area contributed by atoms with Crippen LogP contribution in [0.5, 0.6) is 5.75 Å². The maximum Gasteiger partial charge on any atom is 0.166 e. The number of aryl methyl sites for hydroxylation is 1. The highest BCUT2D eigenvalue weighted by molar-refractivity contribution is 5.99. The van der Waals surface area contributed by atoms with Crippen molar-refractivity contribution in [2.45, 2.75) is 26.7 Å². The van der Waals surface area contributed by atoms with E-state index in [1.54, 1.807) is 7.11 Å². The molecule has 1 rings (SSSR count). The normalized spacial score (nSPS) is 10.2. The zero-order chi connectivity index (χ0) is 12.1. The molecule has 0 spiro atoms. The van der Waals surface area contributed by atoms with Crippen molar-refractivity contribution in [1.29, 1.82) is 0 Å². The summed E-state index contributed by atoms with van der Waals surface area (Å²) in [5, 5.41) is 0. The molecule has 0 aliphatic heterocycles. The fourth-order valence-electron chi connectivity index (χ4n) is 1.67. The molecule has 16 heavy (non-hydrogen) atoms. The van der Waals surface area contributed by atoms with Gasteiger partial charge in [0.05, 0.1) is 12.7 Å². The number of carbonyl (C=O) groups is 1. The lowest BCUT2D eigenvalue weighted by molar-refractivity contribution is 0.0977. The van der Waals surface area contributed by atoms with Crippen molar-refractivity contribution in [2.24, 2.45) is 5.73 Å². The lowest BCUT2D eigenvalue weighted by atomic mass is 9.99. The summed E-state index contributed by atoms with van der Waals surface area (Å²) in [6, 6.07) is 3.79. The second kappa shape index (κ2) is 5.66. The minimum atomic E-state index is 0.102. The minimum absolute atomic E-state index is 0.102. The number of nitrogens with two attached hydrogens (primary N) is 1. The molecule has 3 heteroatoms. The summed E-state index contributed by atoms with van der Waals surface area (Å²) < 4.78 is 5.31. The molecule has 0 aromatic heterocycles. The van der Waals surface area contributed by atoms with Gasteiger partial charge < -0.3 is 10.5 Å². The number of Topliss-reactive ketones (excluding diaryl/α,β-unsaturated/α-hetero) is 1. The van der Waals surface area contributed by atoms with Gasteiger partial charge in [0.25, 0.3) is 0 Å². The van der Waals surface area contributed by atoms with Gasteiger partial charge in [-0.25, -0.2) is 0 Å². The van der Waals surface area contributed by atoms with Crippen molar-refractivity contribution in [3.05, 3.63) is 28.8 Å². The Morgan fingerprint density at radius 2 is 2.06 bits per heavy atom. The smallest absolute Gasteiger partial charge is 0.166 e. The van der Waals surface area contributed by atoms with Gasteiger partial charge >= 0.3 is 0 Å². The quantitative estimate of drug-likeness (QED) is 0.776. The number of methoxy groups -OCH3 is 1. The van der Waals surface area contributed by atoms with Gasteiger partial charge in [0.15, 0.2) is 5.78 Å². The van der Waals surface area contributed by atoms with Crippen LogP contribution in [-0.2, 0) is 0 Å². The van der Waals surface area contributed by atoms with Crippen LogP contribution in [0.2, 0.25) is 0 Å². The van der Waals surface area contributed by atoms with Crippen LogP contribution in [0.25, 0.3) is 0 Å². The number of hydrogen-bond acceptors (Lipinski definition) is 3. The average Bonchev–Trinajstić information content (AvgIpc) is 2.29. The van der Waals surface area contributed by atoms with Crippen LogP contribution in [0.4, 0.5) is 0 Å². The molecule has 0 unspecified atom stereocenters. The van der Waals surface area contributed by atoms with E-state index >= 15 is 0 Å². The van der Waals surface area contributed by atoms with Crippen molar-refractivity contribution >= 4 is 5.78 Å². The lowest BCUT2D eigenvalue weighted by Crippen LogP contribution is -2.07. The van der Waals surface area contributed by atoms with Gasteiger partial charge in [0.2, 0.25) is 0 Å². The molecule has 0 amide bonds. The van der Waals surface area contributed by atoms with Gasteiger partial charge in [-0.15, -0.1) is 0 Å². The van der Waals surface area contributed by atoms with Gasteiger partial charge in [-0.3, -0.25) is 4.79 Å². The number of carbonyl (C=O) groups excluding carboxylic acids is 1. The predicted molar refractivity (Wildman–Crippen MR) is 65.1 cm³/mol. The molecule has 0 saturated heterocycles. The second-order valence-electron chi connectivity index (χ2n) is 3.90. The lowest BCUT2D eigenvalue weighted by Gasteiger charge is -2.12. The number of hydrogen-bond donors (Lipinski definition) is 1. The first-order valence-corrected chi connectivity index (χ1v) is 5.49. The van der Waals surface area contributed by atoms with Crippen LogP contribution in [0.15, 0.2) is 12.1 Å². The fraction of sp³-hybridized carbons (Fsp3) is 0.462. The Morgan fingerprint density at radius 3 is 2.62 bits per heavy atom. The van der Waals surface area contributed by atoms with Crippen LogP contribution < -0.4 is 10.5 Å². The van der Waals surface area contributed by atoms with Crippen LogP contribution in [0.1, 0.15) is 34.3 Å². The molecule has 88 valence electrons.